The fraction of sp³-hybridized carbons (Fsp3) is 0.229. The Morgan fingerprint density at radius 3 is 2.51 bits per heavy atom. The van der Waals surface area contributed by atoms with E-state index in [4.69, 9.17) is 0 Å². The topological polar surface area (TPSA) is 116 Å². The Kier molecular flexibility index (Phi) is 8.23. The summed E-state index contributed by atoms with van der Waals surface area (Å²) in [7, 11) is 2.00. The van der Waals surface area contributed by atoms with Gasteiger partial charge in [-0.25, -0.2) is 4.39 Å². The molecule has 0 radical (unpaired) electrons. The SMILES string of the molecule is CN(CCc1cccc2ccccc12)Cc1ccc(CNC(=O)c2ccc3c(c2)C(=O)N(C2CCC(=O)NC2=O)C3=O)c(F)c1. The first-order chi connectivity index (χ1) is 21.7. The number of fused-ring (bicyclic) bond motifs is 2. The van der Waals surface area contributed by atoms with Crippen LogP contribution in [0.3, 0.4) is 0 Å². The van der Waals surface area contributed by atoms with Gasteiger partial charge in [0.05, 0.1) is 11.1 Å². The van der Waals surface area contributed by atoms with Crippen LogP contribution in [-0.2, 0) is 29.1 Å². The Hall–Kier alpha value is -5.22. The molecule has 0 bridgehead atoms. The summed E-state index contributed by atoms with van der Waals surface area (Å²) in [6.07, 6.45) is 0.911. The van der Waals surface area contributed by atoms with Gasteiger partial charge in [0.1, 0.15) is 11.9 Å². The molecule has 2 N–H and O–H groups in total. The van der Waals surface area contributed by atoms with Crippen molar-refractivity contribution in [2.75, 3.05) is 13.6 Å². The number of carbonyl (C=O) groups is 5. The van der Waals surface area contributed by atoms with Gasteiger partial charge < -0.3 is 10.2 Å². The molecule has 5 amide bonds. The van der Waals surface area contributed by atoms with E-state index in [1.807, 2.05) is 25.2 Å². The van der Waals surface area contributed by atoms with Crippen LogP contribution in [0.15, 0.2) is 78.9 Å². The summed E-state index contributed by atoms with van der Waals surface area (Å²) >= 11 is 0. The van der Waals surface area contributed by atoms with Crippen LogP contribution in [0.1, 0.15) is 60.6 Å². The molecule has 1 atom stereocenters. The molecule has 2 aliphatic heterocycles. The number of hydrogen-bond acceptors (Lipinski definition) is 6. The summed E-state index contributed by atoms with van der Waals surface area (Å²) < 4.78 is 15.0. The van der Waals surface area contributed by atoms with Crippen molar-refractivity contribution < 1.29 is 28.4 Å². The quantitative estimate of drug-likeness (QED) is 0.279. The Labute approximate surface area is 259 Å². The van der Waals surface area contributed by atoms with Gasteiger partial charge in [-0.2, -0.15) is 0 Å². The van der Waals surface area contributed by atoms with E-state index in [2.05, 4.69) is 45.9 Å². The molecule has 228 valence electrons. The van der Waals surface area contributed by atoms with Gasteiger partial charge in [-0.05, 0) is 66.1 Å². The largest absolute Gasteiger partial charge is 0.348 e. The Morgan fingerprint density at radius 2 is 1.71 bits per heavy atom. The minimum Gasteiger partial charge on any atom is -0.348 e. The lowest BCUT2D eigenvalue weighted by molar-refractivity contribution is -0.136. The number of piperidine rings is 1. The molecule has 9 nitrogen and oxygen atoms in total. The molecule has 2 heterocycles. The Balaban J connectivity index is 1.05. The maximum Gasteiger partial charge on any atom is 0.262 e. The predicted octanol–water partition coefficient (Wildman–Crippen LogP) is 3.98. The highest BCUT2D eigenvalue weighted by molar-refractivity contribution is 6.24. The third-order valence-electron chi connectivity index (χ3n) is 8.35. The van der Waals surface area contributed by atoms with Crippen molar-refractivity contribution in [3.63, 3.8) is 0 Å². The third-order valence-corrected chi connectivity index (χ3v) is 8.35. The smallest absolute Gasteiger partial charge is 0.262 e. The van der Waals surface area contributed by atoms with Gasteiger partial charge in [-0.1, -0.05) is 54.6 Å². The van der Waals surface area contributed by atoms with Gasteiger partial charge in [-0.3, -0.25) is 34.2 Å². The van der Waals surface area contributed by atoms with Crippen LogP contribution in [0.2, 0.25) is 0 Å². The van der Waals surface area contributed by atoms with E-state index >= 15 is 4.39 Å². The summed E-state index contributed by atoms with van der Waals surface area (Å²) in [6, 6.07) is 22.5. The van der Waals surface area contributed by atoms with E-state index in [1.165, 1.54) is 40.6 Å². The van der Waals surface area contributed by atoms with Crippen LogP contribution in [0.25, 0.3) is 10.8 Å². The molecule has 10 heteroatoms. The fourth-order valence-corrected chi connectivity index (χ4v) is 5.93. The highest BCUT2D eigenvalue weighted by atomic mass is 19.1. The molecule has 2 aliphatic rings. The van der Waals surface area contributed by atoms with Gasteiger partial charge in [0.15, 0.2) is 0 Å². The van der Waals surface area contributed by atoms with E-state index < -0.39 is 41.4 Å². The van der Waals surface area contributed by atoms with Gasteiger partial charge >= 0.3 is 0 Å². The van der Waals surface area contributed by atoms with E-state index in [-0.39, 0.29) is 36.1 Å². The molecule has 6 rings (SSSR count). The standard InChI is InChI=1S/C35H31FN4O5/c1-39(16-15-23-7-4-6-22-5-2-3-8-26(22)23)20-21-9-10-25(29(36)17-21)19-37-32(42)24-11-12-27-28(18-24)35(45)40(34(27)44)30-13-14-31(41)38-33(30)43/h2-12,17-18,30H,13-16,19-20H2,1H3,(H,37,42)(H,38,41,43). The minimum absolute atomic E-state index is 0.00236. The van der Waals surface area contributed by atoms with E-state index in [0.717, 1.165) is 23.4 Å². The molecule has 45 heavy (non-hydrogen) atoms. The molecule has 0 saturated carbocycles. The van der Waals surface area contributed by atoms with Crippen molar-refractivity contribution in [2.24, 2.45) is 0 Å². The van der Waals surface area contributed by atoms with Gasteiger partial charge in [0.2, 0.25) is 11.8 Å². The highest BCUT2D eigenvalue weighted by Gasteiger charge is 2.44. The van der Waals surface area contributed by atoms with Crippen molar-refractivity contribution in [3.05, 3.63) is 118 Å². The molecule has 0 spiro atoms. The molecule has 0 aromatic heterocycles. The zero-order chi connectivity index (χ0) is 31.7. The number of nitrogens with zero attached hydrogens (tertiary/aromatic N) is 2. The molecule has 1 unspecified atom stereocenters. The number of halogens is 1. The second-order valence-electron chi connectivity index (χ2n) is 11.4. The van der Waals surface area contributed by atoms with E-state index in [1.54, 1.807) is 6.07 Å². The first-order valence-electron chi connectivity index (χ1n) is 14.8. The first-order valence-corrected chi connectivity index (χ1v) is 14.8. The summed E-state index contributed by atoms with van der Waals surface area (Å²) in [5.74, 6) is -3.52. The number of hydrogen-bond donors (Lipinski definition) is 2. The van der Waals surface area contributed by atoms with Crippen molar-refractivity contribution in [3.8, 4) is 0 Å². The molecule has 4 aromatic carbocycles. The number of benzene rings is 4. The zero-order valence-corrected chi connectivity index (χ0v) is 24.6. The van der Waals surface area contributed by atoms with E-state index in [0.29, 0.717) is 12.1 Å². The summed E-state index contributed by atoms with van der Waals surface area (Å²) in [6.45, 7) is 1.29. The summed E-state index contributed by atoms with van der Waals surface area (Å²) in [4.78, 5) is 65.6. The molecule has 0 aliphatic carbocycles. The number of rotatable bonds is 9. The molecular formula is C35H31FN4O5. The maximum atomic E-state index is 15.0. The number of amides is 5. The lowest BCUT2D eigenvalue weighted by atomic mass is 10.0. The molecule has 1 saturated heterocycles. The van der Waals surface area contributed by atoms with Gasteiger partial charge in [0.25, 0.3) is 17.7 Å². The fourth-order valence-electron chi connectivity index (χ4n) is 5.93. The molecular weight excluding hydrogens is 575 g/mol. The van der Waals surface area contributed by atoms with Crippen LogP contribution in [0.4, 0.5) is 4.39 Å². The summed E-state index contributed by atoms with van der Waals surface area (Å²) in [5, 5.41) is 7.26. The second kappa shape index (κ2) is 12.4. The van der Waals surface area contributed by atoms with Crippen LogP contribution in [0.5, 0.6) is 0 Å². The van der Waals surface area contributed by atoms with Crippen molar-refractivity contribution >= 4 is 40.3 Å². The number of nitrogens with one attached hydrogen (secondary N) is 2. The molecule has 1 fully saturated rings. The van der Waals surface area contributed by atoms with Crippen LogP contribution >= 0.6 is 0 Å². The first kappa shape index (κ1) is 29.8. The van der Waals surface area contributed by atoms with E-state index in [9.17, 15) is 24.0 Å². The predicted molar refractivity (Wildman–Crippen MR) is 165 cm³/mol. The number of imide groups is 2. The monoisotopic (exact) mass is 606 g/mol. The average molecular weight is 607 g/mol. The maximum absolute atomic E-state index is 15.0. The van der Waals surface area contributed by atoms with Crippen LogP contribution in [-0.4, -0.2) is 59.0 Å². The zero-order valence-electron chi connectivity index (χ0n) is 24.6. The summed E-state index contributed by atoms with van der Waals surface area (Å²) in [5.41, 5.74) is 2.57. The van der Waals surface area contributed by atoms with Crippen molar-refractivity contribution in [1.29, 1.82) is 0 Å². The second-order valence-corrected chi connectivity index (χ2v) is 11.4. The average Bonchev–Trinajstić information content (AvgIpc) is 3.28. The van der Waals surface area contributed by atoms with Crippen LogP contribution in [0, 0.1) is 5.82 Å². The third kappa shape index (κ3) is 6.09. The van der Waals surface area contributed by atoms with Gasteiger partial charge in [-0.15, -0.1) is 0 Å². The Bertz CT molecular complexity index is 1870. The lowest BCUT2D eigenvalue weighted by Crippen LogP contribution is -2.54. The lowest BCUT2D eigenvalue weighted by Gasteiger charge is -2.27. The van der Waals surface area contributed by atoms with Crippen LogP contribution < -0.4 is 10.6 Å². The minimum atomic E-state index is -1.10. The highest BCUT2D eigenvalue weighted by Crippen LogP contribution is 2.28. The van der Waals surface area contributed by atoms with Crippen molar-refractivity contribution in [2.45, 2.75) is 38.4 Å². The normalized spacial score (nSPS) is 16.3. The number of likely N-dealkylation sites (N-methyl/N-ethyl adjacent to an activating group) is 1. The van der Waals surface area contributed by atoms with Gasteiger partial charge in [0, 0.05) is 37.2 Å². The number of carbonyl (C=O) groups excluding carboxylic acids is 5. The Morgan fingerprint density at radius 1 is 0.933 bits per heavy atom. The molecule has 4 aromatic rings. The van der Waals surface area contributed by atoms with Crippen molar-refractivity contribution in [1.82, 2.24) is 20.4 Å².